The van der Waals surface area contributed by atoms with Crippen LogP contribution in [0.3, 0.4) is 0 Å². The summed E-state index contributed by atoms with van der Waals surface area (Å²) in [5.41, 5.74) is 0. The lowest BCUT2D eigenvalue weighted by molar-refractivity contribution is 0.0229. The highest BCUT2D eigenvalue weighted by molar-refractivity contribution is 7.86. The van der Waals surface area contributed by atoms with Gasteiger partial charge in [-0.3, -0.25) is 9.08 Å². The van der Waals surface area contributed by atoms with Crippen molar-refractivity contribution in [3.05, 3.63) is 0 Å². The summed E-state index contributed by atoms with van der Waals surface area (Å²) in [4.78, 5) is 2.14. The van der Waals surface area contributed by atoms with Gasteiger partial charge in [-0.05, 0) is 6.92 Å². The number of morpholine rings is 1. The van der Waals surface area contributed by atoms with Crippen LogP contribution in [0.5, 0.6) is 0 Å². The van der Waals surface area contributed by atoms with Crippen molar-refractivity contribution < 1.29 is 17.3 Å². The molecule has 0 aromatic carbocycles. The molecule has 1 rings (SSSR count). The van der Waals surface area contributed by atoms with Gasteiger partial charge in [0.05, 0.1) is 25.6 Å². The lowest BCUT2D eigenvalue weighted by atomic mass is 10.3. The molecule has 0 saturated carbocycles. The molecule has 1 heterocycles. The molecule has 1 unspecified atom stereocenters. The number of hydrogen-bond acceptors (Lipinski definition) is 5. The molecule has 1 aliphatic heterocycles. The van der Waals surface area contributed by atoms with Crippen molar-refractivity contribution >= 4 is 10.1 Å². The van der Waals surface area contributed by atoms with Gasteiger partial charge >= 0.3 is 0 Å². The molecule has 14 heavy (non-hydrogen) atoms. The summed E-state index contributed by atoms with van der Waals surface area (Å²) in [6.45, 7) is 5.51. The molecule has 0 spiro atoms. The van der Waals surface area contributed by atoms with Crippen molar-refractivity contribution in [2.45, 2.75) is 13.0 Å². The molecule has 0 aromatic heterocycles. The maximum atomic E-state index is 10.8. The van der Waals surface area contributed by atoms with Gasteiger partial charge in [-0.2, -0.15) is 8.42 Å². The Hall–Kier alpha value is -0.170. The van der Waals surface area contributed by atoms with Gasteiger partial charge in [0.1, 0.15) is 0 Å². The molecule has 1 saturated heterocycles. The van der Waals surface area contributed by atoms with Crippen LogP contribution in [-0.4, -0.2) is 58.5 Å². The van der Waals surface area contributed by atoms with Gasteiger partial charge in [-0.1, -0.05) is 0 Å². The number of ether oxygens (including phenoxy) is 1. The standard InChI is InChI=1S/C8H17NO4S/c1-8(13-14(2,10)11)7-9-3-5-12-6-4-9/h8H,3-7H2,1-2H3. The molecule has 0 aromatic rings. The number of nitrogens with zero attached hydrogens (tertiary/aromatic N) is 1. The van der Waals surface area contributed by atoms with E-state index in [9.17, 15) is 8.42 Å². The highest BCUT2D eigenvalue weighted by Gasteiger charge is 2.16. The Morgan fingerprint density at radius 1 is 1.43 bits per heavy atom. The summed E-state index contributed by atoms with van der Waals surface area (Å²) in [5, 5.41) is 0. The van der Waals surface area contributed by atoms with Crippen LogP contribution in [0.25, 0.3) is 0 Å². The minimum atomic E-state index is -3.33. The number of hydrogen-bond donors (Lipinski definition) is 0. The van der Waals surface area contributed by atoms with Crippen LogP contribution < -0.4 is 0 Å². The Labute approximate surface area is 85.1 Å². The predicted molar refractivity (Wildman–Crippen MR) is 52.6 cm³/mol. The molecule has 6 heteroatoms. The lowest BCUT2D eigenvalue weighted by Gasteiger charge is -2.28. The smallest absolute Gasteiger partial charge is 0.264 e. The van der Waals surface area contributed by atoms with Gasteiger partial charge in [0.15, 0.2) is 0 Å². The first-order valence-corrected chi connectivity index (χ1v) is 6.47. The molecular weight excluding hydrogens is 206 g/mol. The molecule has 84 valence electrons. The van der Waals surface area contributed by atoms with E-state index in [1.807, 2.05) is 0 Å². The van der Waals surface area contributed by atoms with E-state index < -0.39 is 10.1 Å². The highest BCUT2D eigenvalue weighted by atomic mass is 32.2. The van der Waals surface area contributed by atoms with Gasteiger partial charge in [0, 0.05) is 19.6 Å². The average molecular weight is 223 g/mol. The SMILES string of the molecule is CC(CN1CCOCC1)OS(C)(=O)=O. The number of rotatable bonds is 4. The minimum absolute atomic E-state index is 0.289. The molecule has 0 N–H and O–H groups in total. The molecule has 0 amide bonds. The largest absolute Gasteiger partial charge is 0.379 e. The van der Waals surface area contributed by atoms with E-state index in [4.69, 9.17) is 8.92 Å². The molecule has 0 aliphatic carbocycles. The first kappa shape index (κ1) is 11.9. The highest BCUT2D eigenvalue weighted by Crippen LogP contribution is 2.03. The van der Waals surface area contributed by atoms with Crippen molar-refractivity contribution in [1.82, 2.24) is 4.90 Å². The van der Waals surface area contributed by atoms with E-state index in [0.717, 1.165) is 19.3 Å². The van der Waals surface area contributed by atoms with Gasteiger partial charge in [0.2, 0.25) is 0 Å². The second-order valence-electron chi connectivity index (χ2n) is 3.52. The Kier molecular flexibility index (Phi) is 4.31. The van der Waals surface area contributed by atoms with Crippen LogP contribution in [0.15, 0.2) is 0 Å². The topological polar surface area (TPSA) is 55.8 Å². The molecule has 1 atom stereocenters. The molecule has 1 fully saturated rings. The fraction of sp³-hybridized carbons (Fsp3) is 1.00. The molecule has 5 nitrogen and oxygen atoms in total. The van der Waals surface area contributed by atoms with Crippen molar-refractivity contribution in [2.24, 2.45) is 0 Å². The van der Waals surface area contributed by atoms with Gasteiger partial charge in [0.25, 0.3) is 10.1 Å². The minimum Gasteiger partial charge on any atom is -0.379 e. The summed E-state index contributed by atoms with van der Waals surface area (Å²) in [6.07, 6.45) is 0.783. The average Bonchev–Trinajstić information content (AvgIpc) is 2.02. The first-order chi connectivity index (χ1) is 6.47. The van der Waals surface area contributed by atoms with Crippen LogP contribution in [0, 0.1) is 0 Å². The summed E-state index contributed by atoms with van der Waals surface area (Å²) < 4.78 is 31.6. The molecule has 0 bridgehead atoms. The van der Waals surface area contributed by atoms with E-state index in [0.29, 0.717) is 19.8 Å². The fourth-order valence-electron chi connectivity index (χ4n) is 1.48. The summed E-state index contributed by atoms with van der Waals surface area (Å²) >= 11 is 0. The fourth-order valence-corrected chi connectivity index (χ4v) is 2.13. The first-order valence-electron chi connectivity index (χ1n) is 4.66. The van der Waals surface area contributed by atoms with Gasteiger partial charge in [-0.15, -0.1) is 0 Å². The zero-order chi connectivity index (χ0) is 10.6. The summed E-state index contributed by atoms with van der Waals surface area (Å²) in [7, 11) is -3.33. The Balaban J connectivity index is 2.28. The quantitative estimate of drug-likeness (QED) is 0.612. The second-order valence-corrected chi connectivity index (χ2v) is 5.12. The van der Waals surface area contributed by atoms with E-state index in [1.54, 1.807) is 6.92 Å². The Morgan fingerprint density at radius 3 is 2.50 bits per heavy atom. The van der Waals surface area contributed by atoms with Crippen molar-refractivity contribution in [2.75, 3.05) is 39.1 Å². The van der Waals surface area contributed by atoms with Crippen LogP contribution in [0.1, 0.15) is 6.92 Å². The van der Waals surface area contributed by atoms with Gasteiger partial charge in [-0.25, -0.2) is 0 Å². The zero-order valence-corrected chi connectivity index (χ0v) is 9.42. The third kappa shape index (κ3) is 4.90. The van der Waals surface area contributed by atoms with E-state index in [1.165, 1.54) is 0 Å². The maximum absolute atomic E-state index is 10.8. The lowest BCUT2D eigenvalue weighted by Crippen LogP contribution is -2.41. The molecule has 0 radical (unpaired) electrons. The van der Waals surface area contributed by atoms with E-state index in [2.05, 4.69) is 4.90 Å². The Morgan fingerprint density at radius 2 is 2.00 bits per heavy atom. The second kappa shape index (κ2) is 5.06. The predicted octanol–water partition coefficient (Wildman–Crippen LogP) is -0.317. The van der Waals surface area contributed by atoms with Crippen LogP contribution in [0.2, 0.25) is 0 Å². The van der Waals surface area contributed by atoms with E-state index >= 15 is 0 Å². The van der Waals surface area contributed by atoms with Gasteiger partial charge < -0.3 is 4.74 Å². The molecular formula is C8H17NO4S. The van der Waals surface area contributed by atoms with Crippen LogP contribution in [0.4, 0.5) is 0 Å². The molecule has 1 aliphatic rings. The van der Waals surface area contributed by atoms with Crippen molar-refractivity contribution in [3.8, 4) is 0 Å². The van der Waals surface area contributed by atoms with Crippen molar-refractivity contribution in [3.63, 3.8) is 0 Å². The third-order valence-corrected chi connectivity index (χ3v) is 2.64. The zero-order valence-electron chi connectivity index (χ0n) is 8.60. The summed E-state index contributed by atoms with van der Waals surface area (Å²) in [6, 6.07) is 0. The maximum Gasteiger partial charge on any atom is 0.264 e. The monoisotopic (exact) mass is 223 g/mol. The van der Waals surface area contributed by atoms with Crippen molar-refractivity contribution in [1.29, 1.82) is 0 Å². The van der Waals surface area contributed by atoms with Crippen LogP contribution in [-0.2, 0) is 19.0 Å². The Bertz CT molecular complexity index is 259. The normalized spacial score (nSPS) is 22.1. The van der Waals surface area contributed by atoms with E-state index in [-0.39, 0.29) is 6.10 Å². The summed E-state index contributed by atoms with van der Waals surface area (Å²) in [5.74, 6) is 0. The van der Waals surface area contributed by atoms with Crippen LogP contribution >= 0.6 is 0 Å². The third-order valence-electron chi connectivity index (χ3n) is 1.96.